The first-order valence-electron chi connectivity index (χ1n) is 7.74. The molecule has 0 radical (unpaired) electrons. The first kappa shape index (κ1) is 17.7. The highest BCUT2D eigenvalue weighted by Gasteiger charge is 2.36. The van der Waals surface area contributed by atoms with Crippen LogP contribution in [0.1, 0.15) is 19.3 Å². The summed E-state index contributed by atoms with van der Waals surface area (Å²) in [5, 5.41) is 6.01. The Hall–Kier alpha value is -1.66. The molecule has 1 aromatic rings. The van der Waals surface area contributed by atoms with Gasteiger partial charge < -0.3 is 15.5 Å². The van der Waals surface area contributed by atoms with E-state index in [1.165, 1.54) is 11.0 Å². The van der Waals surface area contributed by atoms with Crippen LogP contribution in [0, 0.1) is 11.7 Å². The van der Waals surface area contributed by atoms with Gasteiger partial charge in [0.1, 0.15) is 11.9 Å². The predicted molar refractivity (Wildman–Crippen MR) is 88.1 cm³/mol. The molecule has 5 nitrogen and oxygen atoms in total. The maximum atomic E-state index is 13.8. The molecular weight excluding hydrogens is 321 g/mol. The van der Waals surface area contributed by atoms with Crippen molar-refractivity contribution in [2.45, 2.75) is 25.3 Å². The van der Waals surface area contributed by atoms with Crippen LogP contribution in [-0.4, -0.2) is 37.5 Å². The number of nitrogens with zero attached hydrogens (tertiary/aromatic N) is 1. The lowest BCUT2D eigenvalue weighted by atomic mass is 9.98. The van der Waals surface area contributed by atoms with Crippen LogP contribution in [0.2, 0.25) is 0 Å². The highest BCUT2D eigenvalue weighted by molar-refractivity contribution is 6.01. The Balaban J connectivity index is 0.00000192. The van der Waals surface area contributed by atoms with Crippen molar-refractivity contribution in [1.82, 2.24) is 10.6 Å². The minimum Gasteiger partial charge on any atom is -0.344 e. The first-order chi connectivity index (χ1) is 10.7. The zero-order chi connectivity index (χ0) is 15.5. The summed E-state index contributed by atoms with van der Waals surface area (Å²) < 4.78 is 13.8. The third kappa shape index (κ3) is 3.82. The molecule has 7 heteroatoms. The first-order valence-corrected chi connectivity index (χ1v) is 7.74. The SMILES string of the molecule is Cl.O=C(NC1CCN(c2ccccc2F)C1=O)C1CCCNC1. The van der Waals surface area contributed by atoms with E-state index in [4.69, 9.17) is 0 Å². The summed E-state index contributed by atoms with van der Waals surface area (Å²) >= 11 is 0. The number of hydrogen-bond acceptors (Lipinski definition) is 3. The van der Waals surface area contributed by atoms with Crippen LogP contribution in [0.3, 0.4) is 0 Å². The molecule has 2 aliphatic heterocycles. The number of nitrogens with one attached hydrogen (secondary N) is 2. The molecule has 0 aliphatic carbocycles. The van der Waals surface area contributed by atoms with Crippen LogP contribution >= 0.6 is 12.4 Å². The van der Waals surface area contributed by atoms with E-state index in [2.05, 4.69) is 10.6 Å². The van der Waals surface area contributed by atoms with Crippen molar-refractivity contribution in [3.8, 4) is 0 Å². The number of halogens is 2. The second kappa shape index (κ2) is 7.75. The maximum Gasteiger partial charge on any atom is 0.249 e. The average Bonchev–Trinajstić information content (AvgIpc) is 2.90. The van der Waals surface area contributed by atoms with Crippen molar-refractivity contribution in [3.63, 3.8) is 0 Å². The monoisotopic (exact) mass is 341 g/mol. The highest BCUT2D eigenvalue weighted by Crippen LogP contribution is 2.24. The van der Waals surface area contributed by atoms with Crippen LogP contribution < -0.4 is 15.5 Å². The number of rotatable bonds is 3. The Morgan fingerprint density at radius 2 is 2.09 bits per heavy atom. The second-order valence-corrected chi connectivity index (χ2v) is 5.83. The molecule has 2 fully saturated rings. The van der Waals surface area contributed by atoms with E-state index in [1.807, 2.05) is 0 Å². The minimum absolute atomic E-state index is 0. The van der Waals surface area contributed by atoms with Crippen LogP contribution in [-0.2, 0) is 9.59 Å². The fraction of sp³-hybridized carbons (Fsp3) is 0.500. The van der Waals surface area contributed by atoms with Gasteiger partial charge in [-0.2, -0.15) is 0 Å². The van der Waals surface area contributed by atoms with Gasteiger partial charge in [-0.1, -0.05) is 12.1 Å². The number of benzene rings is 1. The molecule has 0 saturated carbocycles. The summed E-state index contributed by atoms with van der Waals surface area (Å²) in [6.07, 6.45) is 2.33. The molecule has 2 saturated heterocycles. The molecule has 2 unspecified atom stereocenters. The van der Waals surface area contributed by atoms with Crippen molar-refractivity contribution in [1.29, 1.82) is 0 Å². The fourth-order valence-corrected chi connectivity index (χ4v) is 3.09. The van der Waals surface area contributed by atoms with Gasteiger partial charge in [0.25, 0.3) is 0 Å². The van der Waals surface area contributed by atoms with Gasteiger partial charge in [0.05, 0.1) is 11.6 Å². The topological polar surface area (TPSA) is 61.4 Å². The molecule has 1 aromatic carbocycles. The lowest BCUT2D eigenvalue weighted by Gasteiger charge is -2.23. The zero-order valence-corrected chi connectivity index (χ0v) is 13.6. The Morgan fingerprint density at radius 3 is 2.78 bits per heavy atom. The molecule has 23 heavy (non-hydrogen) atoms. The van der Waals surface area contributed by atoms with E-state index in [0.29, 0.717) is 19.5 Å². The predicted octanol–water partition coefficient (Wildman–Crippen LogP) is 1.47. The number of amides is 2. The smallest absolute Gasteiger partial charge is 0.249 e. The van der Waals surface area contributed by atoms with Gasteiger partial charge in [0.2, 0.25) is 11.8 Å². The summed E-state index contributed by atoms with van der Waals surface area (Å²) in [5.74, 6) is -0.813. The summed E-state index contributed by atoms with van der Waals surface area (Å²) in [7, 11) is 0. The number of anilines is 1. The number of carbonyl (C=O) groups excluding carboxylic acids is 2. The Kier molecular flexibility index (Phi) is 5.96. The van der Waals surface area contributed by atoms with Gasteiger partial charge in [0, 0.05) is 13.1 Å². The lowest BCUT2D eigenvalue weighted by molar-refractivity contribution is -0.129. The van der Waals surface area contributed by atoms with Crippen molar-refractivity contribution in [2.75, 3.05) is 24.5 Å². The number of para-hydroxylation sites is 1. The molecule has 126 valence electrons. The van der Waals surface area contributed by atoms with E-state index in [-0.39, 0.29) is 35.8 Å². The van der Waals surface area contributed by atoms with Gasteiger partial charge in [-0.05, 0) is 37.9 Å². The van der Waals surface area contributed by atoms with Crippen LogP contribution in [0.5, 0.6) is 0 Å². The van der Waals surface area contributed by atoms with Gasteiger partial charge >= 0.3 is 0 Å². The molecule has 2 N–H and O–H groups in total. The summed E-state index contributed by atoms with van der Waals surface area (Å²) in [6, 6.07) is 5.67. The van der Waals surface area contributed by atoms with Crippen molar-refractivity contribution >= 4 is 29.9 Å². The van der Waals surface area contributed by atoms with Gasteiger partial charge in [0.15, 0.2) is 0 Å². The Bertz CT molecular complexity index is 578. The van der Waals surface area contributed by atoms with Gasteiger partial charge in [-0.15, -0.1) is 12.4 Å². The molecule has 2 aliphatic rings. The molecule has 2 amide bonds. The van der Waals surface area contributed by atoms with E-state index < -0.39 is 11.9 Å². The quantitative estimate of drug-likeness (QED) is 0.875. The number of hydrogen-bond donors (Lipinski definition) is 2. The lowest BCUT2D eigenvalue weighted by Crippen LogP contribution is -2.47. The van der Waals surface area contributed by atoms with Crippen LogP contribution in [0.4, 0.5) is 10.1 Å². The molecule has 3 rings (SSSR count). The van der Waals surface area contributed by atoms with E-state index >= 15 is 0 Å². The van der Waals surface area contributed by atoms with Crippen molar-refractivity contribution in [3.05, 3.63) is 30.1 Å². The average molecular weight is 342 g/mol. The third-order valence-corrected chi connectivity index (χ3v) is 4.33. The van der Waals surface area contributed by atoms with Gasteiger partial charge in [-0.3, -0.25) is 9.59 Å². The fourth-order valence-electron chi connectivity index (χ4n) is 3.09. The highest BCUT2D eigenvalue weighted by atomic mass is 35.5. The van der Waals surface area contributed by atoms with E-state index in [9.17, 15) is 14.0 Å². The molecule has 2 heterocycles. The zero-order valence-electron chi connectivity index (χ0n) is 12.8. The molecule has 0 spiro atoms. The normalized spacial score (nSPS) is 24.2. The number of piperidine rings is 1. The Morgan fingerprint density at radius 1 is 1.30 bits per heavy atom. The number of carbonyl (C=O) groups is 2. The standard InChI is InChI=1S/C16H20FN3O2.ClH/c17-12-5-1-2-6-14(12)20-9-7-13(16(20)22)19-15(21)11-4-3-8-18-10-11;/h1-2,5-6,11,13,18H,3-4,7-10H2,(H,19,21);1H. The molecule has 0 bridgehead atoms. The maximum absolute atomic E-state index is 13.8. The molecular formula is C16H21ClFN3O2. The molecule has 0 aromatic heterocycles. The summed E-state index contributed by atoms with van der Waals surface area (Å²) in [6.45, 7) is 2.02. The summed E-state index contributed by atoms with van der Waals surface area (Å²) in [5.41, 5.74) is 0.281. The van der Waals surface area contributed by atoms with Crippen LogP contribution in [0.15, 0.2) is 24.3 Å². The van der Waals surface area contributed by atoms with Crippen LogP contribution in [0.25, 0.3) is 0 Å². The van der Waals surface area contributed by atoms with Crippen molar-refractivity contribution < 1.29 is 14.0 Å². The largest absolute Gasteiger partial charge is 0.344 e. The van der Waals surface area contributed by atoms with Crippen molar-refractivity contribution in [2.24, 2.45) is 5.92 Å². The summed E-state index contributed by atoms with van der Waals surface area (Å²) in [4.78, 5) is 26.0. The molecule has 2 atom stereocenters. The van der Waals surface area contributed by atoms with E-state index in [0.717, 1.165) is 19.4 Å². The second-order valence-electron chi connectivity index (χ2n) is 5.83. The minimum atomic E-state index is -0.547. The van der Waals surface area contributed by atoms with Gasteiger partial charge in [-0.25, -0.2) is 4.39 Å². The Labute approximate surface area is 141 Å². The van der Waals surface area contributed by atoms with E-state index in [1.54, 1.807) is 18.2 Å². The third-order valence-electron chi connectivity index (χ3n) is 4.33.